The fourth-order valence-electron chi connectivity index (χ4n) is 3.46. The highest BCUT2D eigenvalue weighted by molar-refractivity contribution is 5.28. The predicted molar refractivity (Wildman–Crippen MR) is 110 cm³/mol. The van der Waals surface area contributed by atoms with Crippen LogP contribution in [0.15, 0.2) is 54.6 Å². The normalized spacial score (nSPS) is 15.7. The van der Waals surface area contributed by atoms with E-state index in [1.165, 1.54) is 11.1 Å². The molecule has 1 saturated heterocycles. The van der Waals surface area contributed by atoms with E-state index in [1.54, 1.807) is 0 Å². The van der Waals surface area contributed by atoms with Gasteiger partial charge in [0.05, 0.1) is 25.9 Å². The van der Waals surface area contributed by atoms with Crippen molar-refractivity contribution in [3.63, 3.8) is 0 Å². The molecule has 1 aliphatic rings. The molecule has 5 heteroatoms. The van der Waals surface area contributed by atoms with Gasteiger partial charge >= 0.3 is 0 Å². The number of ether oxygens (including phenoxy) is 2. The van der Waals surface area contributed by atoms with Gasteiger partial charge in [-0.3, -0.25) is 4.90 Å². The molecule has 2 aromatic carbocycles. The monoisotopic (exact) mass is 379 g/mol. The summed E-state index contributed by atoms with van der Waals surface area (Å²) in [6.45, 7) is 5.79. The Bertz CT molecular complexity index is 739. The summed E-state index contributed by atoms with van der Waals surface area (Å²) in [5, 5.41) is 12.2. The van der Waals surface area contributed by atoms with E-state index in [4.69, 9.17) is 14.7 Å². The number of morpholine rings is 1. The number of hydrogen-bond acceptors (Lipinski definition) is 5. The van der Waals surface area contributed by atoms with E-state index < -0.39 is 0 Å². The summed E-state index contributed by atoms with van der Waals surface area (Å²) in [7, 11) is 0. The highest BCUT2D eigenvalue weighted by Crippen LogP contribution is 2.21. The average molecular weight is 380 g/mol. The molecular formula is C23H29N3O2. The third-order valence-corrected chi connectivity index (χ3v) is 4.94. The third-order valence-electron chi connectivity index (χ3n) is 4.94. The van der Waals surface area contributed by atoms with Crippen LogP contribution in [-0.4, -0.2) is 44.4 Å². The molecule has 0 radical (unpaired) electrons. The van der Waals surface area contributed by atoms with Crippen molar-refractivity contribution in [2.45, 2.75) is 25.4 Å². The van der Waals surface area contributed by atoms with Gasteiger partial charge in [-0.2, -0.15) is 5.26 Å². The summed E-state index contributed by atoms with van der Waals surface area (Å²) in [4.78, 5) is 2.50. The van der Waals surface area contributed by atoms with Crippen LogP contribution in [0.1, 0.15) is 30.0 Å². The van der Waals surface area contributed by atoms with Crippen LogP contribution in [0.4, 0.5) is 0 Å². The van der Waals surface area contributed by atoms with Crippen LogP contribution < -0.4 is 10.1 Å². The lowest BCUT2D eigenvalue weighted by Gasteiger charge is -2.35. The molecule has 5 nitrogen and oxygen atoms in total. The highest BCUT2D eigenvalue weighted by atomic mass is 16.5. The number of nitriles is 1. The highest BCUT2D eigenvalue weighted by Gasteiger charge is 2.22. The van der Waals surface area contributed by atoms with Crippen molar-refractivity contribution >= 4 is 0 Å². The summed E-state index contributed by atoms with van der Waals surface area (Å²) in [6, 6.07) is 21.4. The zero-order chi connectivity index (χ0) is 19.4. The first-order chi connectivity index (χ1) is 13.9. The van der Waals surface area contributed by atoms with Gasteiger partial charge < -0.3 is 14.8 Å². The van der Waals surface area contributed by atoms with Gasteiger partial charge in [0.15, 0.2) is 0 Å². The quantitative estimate of drug-likeness (QED) is 0.640. The molecule has 1 heterocycles. The minimum Gasteiger partial charge on any atom is -0.494 e. The third kappa shape index (κ3) is 6.35. The number of hydrogen-bond donors (Lipinski definition) is 1. The lowest BCUT2D eigenvalue weighted by atomic mass is 10.0. The minimum atomic E-state index is 0.343. The summed E-state index contributed by atoms with van der Waals surface area (Å²) < 4.78 is 11.3. The fraction of sp³-hybridized carbons (Fsp3) is 0.435. The van der Waals surface area contributed by atoms with Gasteiger partial charge in [-0.1, -0.05) is 42.5 Å². The second-order valence-corrected chi connectivity index (χ2v) is 6.96. The van der Waals surface area contributed by atoms with E-state index in [2.05, 4.69) is 58.8 Å². The fourth-order valence-corrected chi connectivity index (χ4v) is 3.46. The van der Waals surface area contributed by atoms with Gasteiger partial charge in [0.25, 0.3) is 0 Å². The summed E-state index contributed by atoms with van der Waals surface area (Å²) >= 11 is 0. The van der Waals surface area contributed by atoms with Crippen molar-refractivity contribution in [3.05, 3.63) is 65.7 Å². The van der Waals surface area contributed by atoms with Gasteiger partial charge in [0.1, 0.15) is 5.75 Å². The Labute approximate surface area is 167 Å². The molecule has 0 bridgehead atoms. The predicted octanol–water partition coefficient (Wildman–Crippen LogP) is 3.53. The van der Waals surface area contributed by atoms with Crippen molar-refractivity contribution in [1.82, 2.24) is 10.2 Å². The Balaban J connectivity index is 1.54. The van der Waals surface area contributed by atoms with E-state index in [0.29, 0.717) is 19.1 Å². The van der Waals surface area contributed by atoms with Gasteiger partial charge in [-0.15, -0.1) is 0 Å². The van der Waals surface area contributed by atoms with Gasteiger partial charge in [0, 0.05) is 38.6 Å². The smallest absolute Gasteiger partial charge is 0.119 e. The maximum Gasteiger partial charge on any atom is 0.119 e. The largest absolute Gasteiger partial charge is 0.494 e. The zero-order valence-electron chi connectivity index (χ0n) is 16.3. The number of nitrogens with one attached hydrogen (secondary N) is 1. The molecule has 1 atom stereocenters. The standard InChI is InChI=1S/C23H29N3O2/c24-11-4-5-14-28-22-10-6-7-20(17-22)18-25-19-23(21-8-2-1-3-9-21)26-12-15-27-16-13-26/h1-3,6-10,17,23,25H,4-5,12-16,18-19H2. The van der Waals surface area contributed by atoms with Crippen LogP contribution in [0, 0.1) is 11.3 Å². The van der Waals surface area contributed by atoms with Crippen LogP contribution in [0.2, 0.25) is 0 Å². The molecule has 1 aliphatic heterocycles. The Morgan fingerprint density at radius 1 is 1.11 bits per heavy atom. The van der Waals surface area contributed by atoms with Crippen LogP contribution in [0.25, 0.3) is 0 Å². The second kappa shape index (κ2) is 11.5. The molecule has 0 aliphatic carbocycles. The molecule has 0 spiro atoms. The Hall–Kier alpha value is -2.39. The summed E-state index contributed by atoms with van der Waals surface area (Å²) in [5.74, 6) is 0.866. The number of rotatable bonds is 10. The molecule has 148 valence electrons. The first kappa shape index (κ1) is 20.3. The lowest BCUT2D eigenvalue weighted by Crippen LogP contribution is -2.42. The number of unbranched alkanes of at least 4 members (excludes halogenated alkanes) is 1. The van der Waals surface area contributed by atoms with Gasteiger partial charge in [-0.25, -0.2) is 0 Å². The summed E-state index contributed by atoms with van der Waals surface area (Å²) in [5.41, 5.74) is 2.54. The van der Waals surface area contributed by atoms with E-state index >= 15 is 0 Å². The maximum atomic E-state index is 8.60. The molecule has 0 amide bonds. The van der Waals surface area contributed by atoms with Crippen LogP contribution in [0.5, 0.6) is 5.75 Å². The van der Waals surface area contributed by atoms with Crippen LogP contribution in [-0.2, 0) is 11.3 Å². The van der Waals surface area contributed by atoms with Gasteiger partial charge in [0.2, 0.25) is 0 Å². The Morgan fingerprint density at radius 3 is 2.71 bits per heavy atom. The first-order valence-electron chi connectivity index (χ1n) is 10.0. The van der Waals surface area contributed by atoms with Crippen molar-refractivity contribution < 1.29 is 9.47 Å². The second-order valence-electron chi connectivity index (χ2n) is 6.96. The van der Waals surface area contributed by atoms with E-state index in [1.807, 2.05) is 12.1 Å². The maximum absolute atomic E-state index is 8.60. The van der Waals surface area contributed by atoms with E-state index in [9.17, 15) is 0 Å². The van der Waals surface area contributed by atoms with Crippen molar-refractivity contribution in [3.8, 4) is 11.8 Å². The molecule has 0 saturated carbocycles. The van der Waals surface area contributed by atoms with Crippen LogP contribution >= 0.6 is 0 Å². The molecule has 3 rings (SSSR count). The van der Waals surface area contributed by atoms with E-state index in [-0.39, 0.29) is 0 Å². The van der Waals surface area contributed by atoms with Gasteiger partial charge in [-0.05, 0) is 29.7 Å². The SMILES string of the molecule is N#CCCCOc1cccc(CNCC(c2ccccc2)N2CCOCC2)c1. The zero-order valence-corrected chi connectivity index (χ0v) is 16.3. The number of benzene rings is 2. The van der Waals surface area contributed by atoms with Crippen molar-refractivity contribution in [2.24, 2.45) is 0 Å². The Kier molecular flexibility index (Phi) is 8.32. The van der Waals surface area contributed by atoms with E-state index in [0.717, 1.165) is 51.6 Å². The van der Waals surface area contributed by atoms with Crippen molar-refractivity contribution in [1.29, 1.82) is 5.26 Å². The molecule has 0 aromatic heterocycles. The lowest BCUT2D eigenvalue weighted by molar-refractivity contribution is 0.0161. The molecule has 1 N–H and O–H groups in total. The average Bonchev–Trinajstić information content (AvgIpc) is 2.76. The molecule has 28 heavy (non-hydrogen) atoms. The topological polar surface area (TPSA) is 57.5 Å². The molecule has 2 aromatic rings. The molecule has 1 unspecified atom stereocenters. The van der Waals surface area contributed by atoms with Crippen molar-refractivity contribution in [2.75, 3.05) is 39.5 Å². The Morgan fingerprint density at radius 2 is 1.93 bits per heavy atom. The minimum absolute atomic E-state index is 0.343. The first-order valence-corrected chi connectivity index (χ1v) is 10.0. The summed E-state index contributed by atoms with van der Waals surface area (Å²) in [6.07, 6.45) is 1.29. The molecular weight excluding hydrogens is 350 g/mol. The molecule has 1 fully saturated rings. The van der Waals surface area contributed by atoms with Crippen LogP contribution in [0.3, 0.4) is 0 Å². The number of nitrogens with zero attached hydrogens (tertiary/aromatic N) is 2.